The van der Waals surface area contributed by atoms with Crippen molar-refractivity contribution in [2.75, 3.05) is 30.3 Å². The highest BCUT2D eigenvalue weighted by Crippen LogP contribution is 2.39. The fourth-order valence-corrected chi connectivity index (χ4v) is 6.90. The second-order valence-corrected chi connectivity index (χ2v) is 12.0. The van der Waals surface area contributed by atoms with Crippen LogP contribution in [0.15, 0.2) is 70.9 Å². The van der Waals surface area contributed by atoms with Gasteiger partial charge in [-0.25, -0.2) is 8.42 Å². The summed E-state index contributed by atoms with van der Waals surface area (Å²) < 4.78 is 67.8. The maximum absolute atomic E-state index is 13.2. The lowest BCUT2D eigenvalue weighted by Crippen LogP contribution is -2.55. The number of rotatable bonds is 6. The minimum Gasteiger partial charge on any atom is -0.391 e. The number of thiophene rings is 1. The Kier molecular flexibility index (Phi) is 6.89. The van der Waals surface area contributed by atoms with Gasteiger partial charge in [0, 0.05) is 31.4 Å². The van der Waals surface area contributed by atoms with E-state index in [0.717, 1.165) is 23.8 Å². The molecule has 0 unspecified atom stereocenters. The summed E-state index contributed by atoms with van der Waals surface area (Å²) in [6.07, 6.45) is -4.27. The summed E-state index contributed by atoms with van der Waals surface area (Å²) in [6.45, 7) is 1.50. The molecule has 0 radical (unpaired) electrons. The summed E-state index contributed by atoms with van der Waals surface area (Å²) in [5, 5.41) is 10.4. The molecular weight excluding hydrogens is 499 g/mol. The van der Waals surface area contributed by atoms with E-state index < -0.39 is 21.8 Å². The first-order valence-electron chi connectivity index (χ1n) is 11.0. The molecule has 1 aliphatic heterocycles. The molecule has 0 amide bonds. The van der Waals surface area contributed by atoms with Gasteiger partial charge >= 0.3 is 6.18 Å². The van der Waals surface area contributed by atoms with Crippen LogP contribution in [0.3, 0.4) is 0 Å². The van der Waals surface area contributed by atoms with Crippen molar-refractivity contribution >= 4 is 32.0 Å². The van der Waals surface area contributed by atoms with E-state index in [-0.39, 0.29) is 28.9 Å². The topological polar surface area (TPSA) is 86.9 Å². The number of nitrogens with zero attached hydrogens (tertiary/aromatic N) is 2. The van der Waals surface area contributed by atoms with Crippen molar-refractivity contribution in [1.82, 2.24) is 4.31 Å². The highest BCUT2D eigenvalue weighted by molar-refractivity contribution is 7.91. The molecule has 2 aromatic carbocycles. The minimum absolute atomic E-state index is 0.181. The number of piperazine rings is 1. The molecule has 35 heavy (non-hydrogen) atoms. The molecule has 188 valence electrons. The fraction of sp³-hybridized carbons (Fsp3) is 0.333. The van der Waals surface area contributed by atoms with Gasteiger partial charge in [0.2, 0.25) is 0 Å². The third-order valence-corrected chi connectivity index (χ3v) is 9.52. The highest BCUT2D eigenvalue weighted by Gasteiger charge is 2.51. The van der Waals surface area contributed by atoms with E-state index in [4.69, 9.17) is 5.73 Å². The number of hydrogen-bond acceptors (Lipinski definition) is 6. The van der Waals surface area contributed by atoms with Crippen LogP contribution in [-0.2, 0) is 22.0 Å². The van der Waals surface area contributed by atoms with Crippen LogP contribution < -0.4 is 10.6 Å². The van der Waals surface area contributed by atoms with Crippen LogP contribution in [0.1, 0.15) is 18.1 Å². The molecule has 1 aromatic heterocycles. The van der Waals surface area contributed by atoms with Crippen molar-refractivity contribution in [1.29, 1.82) is 0 Å². The largest absolute Gasteiger partial charge is 0.421 e. The first-order chi connectivity index (χ1) is 16.4. The zero-order chi connectivity index (χ0) is 25.4. The van der Waals surface area contributed by atoms with Crippen molar-refractivity contribution in [3.63, 3.8) is 0 Å². The Balaban J connectivity index is 1.62. The van der Waals surface area contributed by atoms with Gasteiger partial charge in [-0.05, 0) is 48.7 Å². The SMILES string of the molecule is C[C@@](O)(c1ccc(N2CCN(S(=O)(=O)c3ccc(N)s3)C[C@@H]2Cc2ccccc2)cc1)C(F)(F)F. The van der Waals surface area contributed by atoms with E-state index in [1.54, 1.807) is 6.07 Å². The first kappa shape index (κ1) is 25.5. The quantitative estimate of drug-likeness (QED) is 0.503. The minimum atomic E-state index is -4.81. The van der Waals surface area contributed by atoms with E-state index in [1.807, 2.05) is 35.2 Å². The van der Waals surface area contributed by atoms with Gasteiger partial charge in [0.25, 0.3) is 10.0 Å². The van der Waals surface area contributed by atoms with Gasteiger partial charge in [0.1, 0.15) is 4.21 Å². The summed E-state index contributed by atoms with van der Waals surface area (Å²) in [5.74, 6) is 0. The van der Waals surface area contributed by atoms with Crippen LogP contribution in [0, 0.1) is 0 Å². The number of alkyl halides is 3. The van der Waals surface area contributed by atoms with Crippen LogP contribution in [0.4, 0.5) is 23.9 Å². The van der Waals surface area contributed by atoms with Crippen molar-refractivity contribution < 1.29 is 26.7 Å². The molecule has 2 heterocycles. The summed E-state index contributed by atoms with van der Waals surface area (Å²) >= 11 is 1.02. The first-order valence-corrected chi connectivity index (χ1v) is 13.2. The van der Waals surface area contributed by atoms with Gasteiger partial charge in [-0.3, -0.25) is 0 Å². The van der Waals surface area contributed by atoms with Crippen LogP contribution >= 0.6 is 11.3 Å². The lowest BCUT2D eigenvalue weighted by molar-refractivity contribution is -0.258. The molecule has 6 nitrogen and oxygen atoms in total. The van der Waals surface area contributed by atoms with E-state index in [0.29, 0.717) is 23.7 Å². The molecule has 0 saturated carbocycles. The number of hydrogen-bond donors (Lipinski definition) is 2. The summed E-state index contributed by atoms with van der Waals surface area (Å²) in [4.78, 5) is 2.01. The molecule has 0 bridgehead atoms. The molecule has 3 N–H and O–H groups in total. The molecule has 1 fully saturated rings. The number of benzene rings is 2. The van der Waals surface area contributed by atoms with Gasteiger partial charge in [0.05, 0.1) is 5.00 Å². The molecule has 0 spiro atoms. The van der Waals surface area contributed by atoms with E-state index in [2.05, 4.69) is 0 Å². The van der Waals surface area contributed by atoms with E-state index in [9.17, 15) is 26.7 Å². The Labute approximate surface area is 206 Å². The lowest BCUT2D eigenvalue weighted by Gasteiger charge is -2.42. The highest BCUT2D eigenvalue weighted by atomic mass is 32.2. The Morgan fingerprint density at radius 3 is 2.26 bits per heavy atom. The number of nitrogen functional groups attached to an aromatic ring is 1. The lowest BCUT2D eigenvalue weighted by atomic mass is 9.94. The van der Waals surface area contributed by atoms with Crippen LogP contribution in [-0.4, -0.2) is 49.7 Å². The van der Waals surface area contributed by atoms with Crippen LogP contribution in [0.2, 0.25) is 0 Å². The number of halogens is 3. The molecular formula is C24H26F3N3O3S2. The predicted molar refractivity (Wildman–Crippen MR) is 131 cm³/mol. The number of aliphatic hydroxyl groups is 1. The second-order valence-electron chi connectivity index (χ2n) is 8.67. The molecule has 1 aliphatic rings. The smallest absolute Gasteiger partial charge is 0.391 e. The number of nitrogens with two attached hydrogens (primary N) is 1. The van der Waals surface area contributed by atoms with Gasteiger partial charge in [-0.15, -0.1) is 11.3 Å². The number of anilines is 2. The molecule has 11 heteroatoms. The molecule has 4 rings (SSSR count). The molecule has 0 aliphatic carbocycles. The van der Waals surface area contributed by atoms with E-state index >= 15 is 0 Å². The zero-order valence-corrected chi connectivity index (χ0v) is 20.6. The fourth-order valence-electron chi connectivity index (χ4n) is 4.19. The van der Waals surface area contributed by atoms with E-state index in [1.165, 1.54) is 34.6 Å². The summed E-state index contributed by atoms with van der Waals surface area (Å²) in [7, 11) is -3.73. The molecule has 2 atom stereocenters. The van der Waals surface area contributed by atoms with Crippen molar-refractivity contribution in [3.8, 4) is 0 Å². The van der Waals surface area contributed by atoms with Gasteiger partial charge in [-0.2, -0.15) is 17.5 Å². The Bertz CT molecular complexity index is 1260. The Morgan fingerprint density at radius 2 is 1.69 bits per heavy atom. The van der Waals surface area contributed by atoms with Gasteiger partial charge in [0.15, 0.2) is 5.60 Å². The summed E-state index contributed by atoms with van der Waals surface area (Å²) in [5.41, 5.74) is 4.18. The Hall–Kier alpha value is -2.60. The maximum atomic E-state index is 13.2. The van der Waals surface area contributed by atoms with Crippen molar-refractivity contribution in [2.24, 2.45) is 0 Å². The standard InChI is InChI=1S/C24H26F3N3O3S2/c1-23(31,24(25,26)27)18-7-9-19(10-8-18)30-14-13-29(35(32,33)22-12-11-21(28)34-22)16-20(30)15-17-5-3-2-4-6-17/h2-12,20,31H,13-16,28H2,1H3/t20-,23+/m0/s1. The maximum Gasteiger partial charge on any atom is 0.421 e. The zero-order valence-electron chi connectivity index (χ0n) is 18.9. The van der Waals surface area contributed by atoms with Gasteiger partial charge in [-0.1, -0.05) is 42.5 Å². The average molecular weight is 526 g/mol. The van der Waals surface area contributed by atoms with Crippen molar-refractivity contribution in [3.05, 3.63) is 77.9 Å². The Morgan fingerprint density at radius 1 is 1.03 bits per heavy atom. The molecule has 1 saturated heterocycles. The van der Waals surface area contributed by atoms with Crippen molar-refractivity contribution in [2.45, 2.75) is 35.4 Å². The predicted octanol–water partition coefficient (Wildman–Crippen LogP) is 4.22. The van der Waals surface area contributed by atoms with Crippen LogP contribution in [0.25, 0.3) is 0 Å². The monoisotopic (exact) mass is 525 g/mol. The molecule has 3 aromatic rings. The average Bonchev–Trinajstić information content (AvgIpc) is 3.26. The van der Waals surface area contributed by atoms with Gasteiger partial charge < -0.3 is 15.7 Å². The summed E-state index contributed by atoms with van der Waals surface area (Å²) in [6, 6.07) is 18.0. The van der Waals surface area contributed by atoms with Crippen LogP contribution in [0.5, 0.6) is 0 Å². The second kappa shape index (κ2) is 9.45. The third kappa shape index (κ3) is 5.18. The number of sulfonamides is 1. The normalized spacial score (nSPS) is 19.5. The third-order valence-electron chi connectivity index (χ3n) is 6.27.